The molecular formula is C11H27N3. The molecule has 1 rings (SSSR count). The van der Waals surface area contributed by atoms with E-state index in [0.717, 1.165) is 11.4 Å². The van der Waals surface area contributed by atoms with Crippen LogP contribution in [0.3, 0.4) is 0 Å². The van der Waals surface area contributed by atoms with Crippen molar-refractivity contribution in [3.63, 3.8) is 0 Å². The fourth-order valence-electron chi connectivity index (χ4n) is 0.337. The lowest BCUT2D eigenvalue weighted by Gasteiger charge is -2.05. The predicted molar refractivity (Wildman–Crippen MR) is 64.4 cm³/mol. The van der Waals surface area contributed by atoms with Gasteiger partial charge >= 0.3 is 0 Å². The van der Waals surface area contributed by atoms with Crippen LogP contribution < -0.4 is 0 Å². The zero-order chi connectivity index (χ0) is 9.78. The van der Waals surface area contributed by atoms with E-state index in [1.165, 1.54) is 0 Å². The molecule has 3 nitrogen and oxygen atoms in total. The fourth-order valence-corrected chi connectivity index (χ4v) is 0.337. The van der Waals surface area contributed by atoms with Crippen LogP contribution in [0.25, 0.3) is 0 Å². The van der Waals surface area contributed by atoms with E-state index in [2.05, 4.69) is 43.1 Å². The molecule has 0 spiro atoms. The number of H-pyrrole nitrogens is 1. The quantitative estimate of drug-likeness (QED) is 0.694. The van der Waals surface area contributed by atoms with Crippen LogP contribution in [0.4, 0.5) is 0 Å². The minimum atomic E-state index is 0. The number of nitrogens with zero attached hydrogens (tertiary/aromatic N) is 2. The normalized spacial score (nSPS) is 9.00. The monoisotopic (exact) mass is 201 g/mol. The summed E-state index contributed by atoms with van der Waals surface area (Å²) in [5, 5.41) is 10.1. The molecule has 0 bridgehead atoms. The van der Waals surface area contributed by atoms with Crippen molar-refractivity contribution in [1.29, 1.82) is 0 Å². The molecule has 1 aromatic heterocycles. The minimum Gasteiger partial charge on any atom is -0.197 e. The Labute approximate surface area is 89.3 Å². The number of aromatic nitrogens is 3. The summed E-state index contributed by atoms with van der Waals surface area (Å²) in [7, 11) is 0. The van der Waals surface area contributed by atoms with Gasteiger partial charge in [0.1, 0.15) is 0 Å². The summed E-state index contributed by atoms with van der Waals surface area (Å²) in [6, 6.07) is 0. The first-order chi connectivity index (χ1) is 5.30. The van der Waals surface area contributed by atoms with Crippen molar-refractivity contribution in [3.05, 3.63) is 11.4 Å². The van der Waals surface area contributed by atoms with E-state index < -0.39 is 0 Å². The molecule has 1 heterocycles. The van der Waals surface area contributed by atoms with Crippen molar-refractivity contribution in [2.45, 2.75) is 56.4 Å². The van der Waals surface area contributed by atoms with Crippen LogP contribution in [0.1, 0.15) is 53.9 Å². The summed E-state index contributed by atoms with van der Waals surface area (Å²) >= 11 is 0. The van der Waals surface area contributed by atoms with Gasteiger partial charge in [-0.3, -0.25) is 0 Å². The molecule has 0 unspecified atom stereocenters. The Hall–Kier alpha value is -0.860. The van der Waals surface area contributed by atoms with Crippen LogP contribution in [-0.4, -0.2) is 15.4 Å². The topological polar surface area (TPSA) is 41.6 Å². The lowest BCUT2D eigenvalue weighted by atomic mass is 10.0. The smallest absolute Gasteiger partial charge is 0.0822 e. The summed E-state index contributed by atoms with van der Waals surface area (Å²) in [5.74, 6) is 0. The van der Waals surface area contributed by atoms with Crippen molar-refractivity contribution in [1.82, 2.24) is 15.4 Å². The van der Waals surface area contributed by atoms with E-state index in [1.807, 2.05) is 13.8 Å². The number of nitrogens with one attached hydrogen (secondary N) is 1. The second-order valence-electron chi connectivity index (χ2n) is 4.49. The predicted octanol–water partition coefficient (Wildman–Crippen LogP) is 3.75. The Balaban J connectivity index is -0.000000159. The molecule has 86 valence electrons. The van der Waals surface area contributed by atoms with Crippen LogP contribution in [0.2, 0.25) is 0 Å². The first kappa shape index (κ1) is 18.8. The molecule has 0 radical (unpaired) electrons. The lowest BCUT2D eigenvalue weighted by Crippen LogP contribution is -1.93. The Kier molecular flexibility index (Phi) is 10.1. The van der Waals surface area contributed by atoms with Gasteiger partial charge < -0.3 is 0 Å². The van der Waals surface area contributed by atoms with E-state index in [-0.39, 0.29) is 14.9 Å². The standard InChI is InChI=1S/C5H12.C4H7N3.2CH4/c1-5(2,3)4;1-3-4(2)6-7-5-3;;/h1-4H3;1-2H3,(H,5,6,7);2*1H4. The molecule has 0 fully saturated rings. The van der Waals surface area contributed by atoms with Gasteiger partial charge in [0.15, 0.2) is 0 Å². The third kappa shape index (κ3) is 13.7. The average molecular weight is 201 g/mol. The van der Waals surface area contributed by atoms with Crippen molar-refractivity contribution in [2.75, 3.05) is 0 Å². The number of rotatable bonds is 0. The van der Waals surface area contributed by atoms with E-state index >= 15 is 0 Å². The average Bonchev–Trinajstić information content (AvgIpc) is 2.12. The second kappa shape index (κ2) is 7.54. The number of hydrogen-bond donors (Lipinski definition) is 1. The Morgan fingerprint density at radius 2 is 1.07 bits per heavy atom. The van der Waals surface area contributed by atoms with E-state index in [0.29, 0.717) is 5.41 Å². The van der Waals surface area contributed by atoms with Crippen molar-refractivity contribution in [3.8, 4) is 0 Å². The number of aryl methyl sites for hydroxylation is 2. The zero-order valence-corrected chi connectivity index (χ0v) is 8.89. The van der Waals surface area contributed by atoms with Crippen LogP contribution in [0.15, 0.2) is 0 Å². The van der Waals surface area contributed by atoms with Crippen LogP contribution in [0.5, 0.6) is 0 Å². The summed E-state index contributed by atoms with van der Waals surface area (Å²) in [6.45, 7) is 12.6. The van der Waals surface area contributed by atoms with Crippen molar-refractivity contribution in [2.24, 2.45) is 5.41 Å². The number of aromatic amines is 1. The molecule has 0 saturated carbocycles. The van der Waals surface area contributed by atoms with Gasteiger partial charge in [-0.25, -0.2) is 0 Å². The molecule has 1 aromatic rings. The summed E-state index contributed by atoms with van der Waals surface area (Å²) in [4.78, 5) is 0. The summed E-state index contributed by atoms with van der Waals surface area (Å²) in [6.07, 6.45) is 0. The molecular weight excluding hydrogens is 174 g/mol. The Bertz CT molecular complexity index is 198. The summed E-state index contributed by atoms with van der Waals surface area (Å²) in [5.41, 5.74) is 2.44. The largest absolute Gasteiger partial charge is 0.197 e. The third-order valence-corrected chi connectivity index (χ3v) is 0.959. The van der Waals surface area contributed by atoms with Gasteiger partial charge in [0.2, 0.25) is 0 Å². The third-order valence-electron chi connectivity index (χ3n) is 0.959. The van der Waals surface area contributed by atoms with Gasteiger partial charge in [-0.05, 0) is 19.3 Å². The molecule has 0 aliphatic rings. The lowest BCUT2D eigenvalue weighted by molar-refractivity contribution is 0.469. The van der Waals surface area contributed by atoms with Crippen LogP contribution in [0, 0.1) is 19.3 Å². The highest BCUT2D eigenvalue weighted by atomic mass is 15.3. The fraction of sp³-hybridized carbons (Fsp3) is 0.818. The first-order valence-electron chi connectivity index (χ1n) is 4.14. The van der Waals surface area contributed by atoms with Gasteiger partial charge in [-0.2, -0.15) is 15.4 Å². The van der Waals surface area contributed by atoms with Crippen molar-refractivity contribution >= 4 is 0 Å². The molecule has 0 atom stereocenters. The molecule has 0 aliphatic carbocycles. The first-order valence-corrected chi connectivity index (χ1v) is 4.14. The van der Waals surface area contributed by atoms with Crippen LogP contribution >= 0.6 is 0 Å². The van der Waals surface area contributed by atoms with Gasteiger partial charge in [0.25, 0.3) is 0 Å². The van der Waals surface area contributed by atoms with Gasteiger partial charge in [-0.1, -0.05) is 42.5 Å². The summed E-state index contributed by atoms with van der Waals surface area (Å²) < 4.78 is 0. The Morgan fingerprint density at radius 1 is 0.857 bits per heavy atom. The Morgan fingerprint density at radius 3 is 1.14 bits per heavy atom. The molecule has 1 N–H and O–H groups in total. The molecule has 0 aliphatic heterocycles. The van der Waals surface area contributed by atoms with E-state index in [4.69, 9.17) is 0 Å². The minimum absolute atomic E-state index is 0. The molecule has 3 heteroatoms. The molecule has 0 amide bonds. The maximum atomic E-state index is 3.78. The molecule has 0 aromatic carbocycles. The van der Waals surface area contributed by atoms with E-state index in [1.54, 1.807) is 0 Å². The SMILES string of the molecule is C.C.CC(C)(C)C.Cc1n[nH]nc1C. The van der Waals surface area contributed by atoms with Gasteiger partial charge in [-0.15, -0.1) is 0 Å². The van der Waals surface area contributed by atoms with Gasteiger partial charge in [0.05, 0.1) is 11.4 Å². The van der Waals surface area contributed by atoms with Gasteiger partial charge in [0, 0.05) is 0 Å². The zero-order valence-electron chi connectivity index (χ0n) is 8.89. The van der Waals surface area contributed by atoms with Crippen LogP contribution in [-0.2, 0) is 0 Å². The second-order valence-corrected chi connectivity index (χ2v) is 4.49. The highest BCUT2D eigenvalue weighted by Crippen LogP contribution is 2.08. The highest BCUT2D eigenvalue weighted by Gasteiger charge is 1.95. The van der Waals surface area contributed by atoms with E-state index in [9.17, 15) is 0 Å². The molecule has 14 heavy (non-hydrogen) atoms. The molecule has 0 saturated heterocycles. The maximum absolute atomic E-state index is 3.78. The van der Waals surface area contributed by atoms with Crippen molar-refractivity contribution < 1.29 is 0 Å². The number of hydrogen-bond acceptors (Lipinski definition) is 2. The maximum Gasteiger partial charge on any atom is 0.0822 e. The highest BCUT2D eigenvalue weighted by molar-refractivity contribution is 5.01.